The molecule has 1 aliphatic heterocycles. The maximum Gasteiger partial charge on any atom is 0.0215 e. The number of nitrogens with one attached hydrogen (secondary N) is 1. The third-order valence-electron chi connectivity index (χ3n) is 2.05. The Morgan fingerprint density at radius 1 is 1.46 bits per heavy atom. The molecule has 1 fully saturated rings. The zero-order valence-corrected chi connectivity index (χ0v) is 9.79. The van der Waals surface area contributed by atoms with Gasteiger partial charge in [0, 0.05) is 37.2 Å². The van der Waals surface area contributed by atoms with E-state index in [0.717, 1.165) is 18.8 Å². The number of piperazine rings is 1. The van der Waals surface area contributed by atoms with Crippen LogP contribution in [0.1, 0.15) is 13.3 Å². The van der Waals surface area contributed by atoms with Gasteiger partial charge >= 0.3 is 0 Å². The van der Waals surface area contributed by atoms with Crippen LogP contribution in [0.5, 0.6) is 0 Å². The molecule has 0 aromatic rings. The Bertz CT molecular complexity index is 129. The Kier molecular flexibility index (Phi) is 6.23. The fraction of sp³-hybridized carbons (Fsp3) is 1.00. The van der Waals surface area contributed by atoms with Crippen LogP contribution in [0.25, 0.3) is 0 Å². The largest absolute Gasteiger partial charge is 0.314 e. The van der Waals surface area contributed by atoms with Crippen molar-refractivity contribution >= 4 is 23.9 Å². The number of hydrogen-bond donors (Lipinski definition) is 2. The SMILES string of the molecule is CC(CCSN)SN1CCNCC1. The Hall–Kier alpha value is 0.580. The molecule has 0 aliphatic carbocycles. The second kappa shape index (κ2) is 6.95. The van der Waals surface area contributed by atoms with Gasteiger partial charge in [-0.25, -0.2) is 4.31 Å². The van der Waals surface area contributed by atoms with Crippen molar-refractivity contribution in [1.82, 2.24) is 9.62 Å². The third-order valence-corrected chi connectivity index (χ3v) is 3.78. The molecule has 0 spiro atoms. The summed E-state index contributed by atoms with van der Waals surface area (Å²) in [4.78, 5) is 0. The molecule has 1 unspecified atom stereocenters. The number of nitrogens with zero attached hydrogens (tertiary/aromatic N) is 1. The summed E-state index contributed by atoms with van der Waals surface area (Å²) < 4.78 is 2.46. The minimum absolute atomic E-state index is 0.703. The van der Waals surface area contributed by atoms with Gasteiger partial charge in [-0.3, -0.25) is 5.14 Å². The van der Waals surface area contributed by atoms with Crippen LogP contribution in [0.2, 0.25) is 0 Å². The van der Waals surface area contributed by atoms with Gasteiger partial charge in [-0.15, -0.1) is 0 Å². The molecule has 78 valence electrons. The molecule has 0 bridgehead atoms. The number of nitrogens with two attached hydrogens (primary N) is 1. The average molecular weight is 221 g/mol. The van der Waals surface area contributed by atoms with E-state index in [2.05, 4.69) is 16.5 Å². The lowest BCUT2D eigenvalue weighted by Gasteiger charge is -2.28. The molecule has 1 aliphatic rings. The highest BCUT2D eigenvalue weighted by atomic mass is 32.2. The smallest absolute Gasteiger partial charge is 0.0215 e. The molecule has 3 N–H and O–H groups in total. The minimum Gasteiger partial charge on any atom is -0.314 e. The quantitative estimate of drug-likeness (QED) is 0.676. The second-order valence-electron chi connectivity index (χ2n) is 3.25. The first-order chi connectivity index (χ1) is 6.33. The van der Waals surface area contributed by atoms with Crippen molar-refractivity contribution in [2.75, 3.05) is 31.9 Å². The first-order valence-electron chi connectivity index (χ1n) is 4.77. The summed E-state index contributed by atoms with van der Waals surface area (Å²) in [6.07, 6.45) is 1.20. The molecule has 0 radical (unpaired) electrons. The van der Waals surface area contributed by atoms with Gasteiger partial charge in [0.15, 0.2) is 0 Å². The first-order valence-corrected chi connectivity index (χ1v) is 6.65. The molecule has 1 atom stereocenters. The maximum atomic E-state index is 5.39. The highest BCUT2D eigenvalue weighted by Crippen LogP contribution is 2.20. The van der Waals surface area contributed by atoms with Gasteiger partial charge in [0.2, 0.25) is 0 Å². The molecule has 0 saturated carbocycles. The third kappa shape index (κ3) is 5.12. The van der Waals surface area contributed by atoms with E-state index in [1.54, 1.807) is 0 Å². The Morgan fingerprint density at radius 3 is 2.77 bits per heavy atom. The monoisotopic (exact) mass is 221 g/mol. The van der Waals surface area contributed by atoms with Gasteiger partial charge in [0.05, 0.1) is 0 Å². The van der Waals surface area contributed by atoms with Crippen molar-refractivity contribution in [3.8, 4) is 0 Å². The number of hydrogen-bond acceptors (Lipinski definition) is 5. The predicted molar refractivity (Wildman–Crippen MR) is 62.8 cm³/mol. The van der Waals surface area contributed by atoms with Crippen LogP contribution in [-0.2, 0) is 0 Å². The van der Waals surface area contributed by atoms with Gasteiger partial charge in [0.1, 0.15) is 0 Å². The Morgan fingerprint density at radius 2 is 2.15 bits per heavy atom. The van der Waals surface area contributed by atoms with E-state index in [-0.39, 0.29) is 0 Å². The molecule has 13 heavy (non-hydrogen) atoms. The highest BCUT2D eigenvalue weighted by molar-refractivity contribution is 7.98. The molecular formula is C8H19N3S2. The van der Waals surface area contributed by atoms with E-state index in [1.165, 1.54) is 31.5 Å². The summed E-state index contributed by atoms with van der Waals surface area (Å²) in [5.41, 5.74) is 0. The predicted octanol–water partition coefficient (Wildman–Crippen LogP) is 0.925. The van der Waals surface area contributed by atoms with Crippen molar-refractivity contribution < 1.29 is 0 Å². The Balaban J connectivity index is 2.07. The van der Waals surface area contributed by atoms with Crippen molar-refractivity contribution in [3.05, 3.63) is 0 Å². The molecule has 5 heteroatoms. The molecule has 0 amide bonds. The zero-order valence-electron chi connectivity index (χ0n) is 8.16. The van der Waals surface area contributed by atoms with Crippen LogP contribution < -0.4 is 10.5 Å². The fourth-order valence-corrected chi connectivity index (χ4v) is 3.06. The van der Waals surface area contributed by atoms with Crippen molar-refractivity contribution in [2.45, 2.75) is 18.6 Å². The van der Waals surface area contributed by atoms with Gasteiger partial charge < -0.3 is 5.32 Å². The molecule has 0 aromatic carbocycles. The normalized spacial score (nSPS) is 21.7. The molecule has 1 saturated heterocycles. The van der Waals surface area contributed by atoms with E-state index in [0.29, 0.717) is 5.25 Å². The lowest BCUT2D eigenvalue weighted by Crippen LogP contribution is -2.40. The zero-order chi connectivity index (χ0) is 9.52. The lowest BCUT2D eigenvalue weighted by molar-refractivity contribution is 0.394. The summed E-state index contributed by atoms with van der Waals surface area (Å²) in [7, 11) is 0. The van der Waals surface area contributed by atoms with Crippen LogP contribution in [-0.4, -0.2) is 41.5 Å². The van der Waals surface area contributed by atoms with Gasteiger partial charge in [-0.2, -0.15) is 0 Å². The summed E-state index contributed by atoms with van der Waals surface area (Å²) in [5, 5.41) is 9.45. The van der Waals surface area contributed by atoms with E-state index in [9.17, 15) is 0 Å². The Labute approximate surface area is 89.5 Å². The number of rotatable bonds is 5. The van der Waals surface area contributed by atoms with Gasteiger partial charge in [0.25, 0.3) is 0 Å². The van der Waals surface area contributed by atoms with Crippen LogP contribution >= 0.6 is 23.9 Å². The van der Waals surface area contributed by atoms with Crippen LogP contribution in [0.3, 0.4) is 0 Å². The summed E-state index contributed by atoms with van der Waals surface area (Å²) in [6.45, 7) is 6.88. The molecule has 1 heterocycles. The van der Waals surface area contributed by atoms with Crippen LogP contribution in [0, 0.1) is 0 Å². The van der Waals surface area contributed by atoms with E-state index >= 15 is 0 Å². The van der Waals surface area contributed by atoms with Crippen molar-refractivity contribution in [3.63, 3.8) is 0 Å². The van der Waals surface area contributed by atoms with Gasteiger partial charge in [-0.05, 0) is 6.42 Å². The highest BCUT2D eigenvalue weighted by Gasteiger charge is 2.13. The minimum atomic E-state index is 0.703. The van der Waals surface area contributed by atoms with E-state index in [1.807, 2.05) is 11.9 Å². The standard InChI is InChI=1S/C8H19N3S2/c1-8(2-7-12-9)13-11-5-3-10-4-6-11/h8,10H,2-7,9H2,1H3. The maximum absolute atomic E-state index is 5.39. The molecule has 3 nitrogen and oxygen atoms in total. The molecule has 0 aromatic heterocycles. The van der Waals surface area contributed by atoms with Crippen LogP contribution in [0.4, 0.5) is 0 Å². The molecule has 1 rings (SSSR count). The fourth-order valence-electron chi connectivity index (χ4n) is 1.29. The first kappa shape index (κ1) is 11.7. The second-order valence-corrected chi connectivity index (χ2v) is 5.53. The van der Waals surface area contributed by atoms with Gasteiger partial charge in [-0.1, -0.05) is 30.8 Å². The average Bonchev–Trinajstić information content (AvgIpc) is 2.16. The van der Waals surface area contributed by atoms with E-state index in [4.69, 9.17) is 5.14 Å². The summed E-state index contributed by atoms with van der Waals surface area (Å²) >= 11 is 3.43. The van der Waals surface area contributed by atoms with E-state index < -0.39 is 0 Å². The summed E-state index contributed by atoms with van der Waals surface area (Å²) in [5.74, 6) is 1.07. The topological polar surface area (TPSA) is 41.3 Å². The van der Waals surface area contributed by atoms with Crippen molar-refractivity contribution in [2.24, 2.45) is 5.14 Å². The van der Waals surface area contributed by atoms with Crippen molar-refractivity contribution in [1.29, 1.82) is 0 Å². The summed E-state index contributed by atoms with van der Waals surface area (Å²) in [6, 6.07) is 0. The van der Waals surface area contributed by atoms with Crippen LogP contribution in [0.15, 0.2) is 0 Å². The lowest BCUT2D eigenvalue weighted by atomic mass is 10.4. The molecular weight excluding hydrogens is 202 g/mol.